The van der Waals surface area contributed by atoms with E-state index in [4.69, 9.17) is 5.11 Å². The molecule has 0 saturated heterocycles. The molecule has 0 spiro atoms. The van der Waals surface area contributed by atoms with Gasteiger partial charge in [0.15, 0.2) is 0 Å². The van der Waals surface area contributed by atoms with Crippen LogP contribution < -0.4 is 0 Å². The van der Waals surface area contributed by atoms with E-state index in [1.807, 2.05) is 0 Å². The normalized spacial score (nSPS) is 14.7. The Balaban J connectivity index is 3.00. The van der Waals surface area contributed by atoms with Gasteiger partial charge in [0.25, 0.3) is 0 Å². The standard InChI is InChI=1S/C10H10F2O3/c1-5(10(14)15)9(13)6-2-7(11)4-8(12)3-6/h2-5,9,13H,1H3,(H,14,15)/t5-,9?/m1/s1. The van der Waals surface area contributed by atoms with Crippen LogP contribution in [0, 0.1) is 17.6 Å². The SMILES string of the molecule is C[C@@H](C(=O)O)C(O)c1cc(F)cc(F)c1. The number of aliphatic hydroxyl groups is 1. The summed E-state index contributed by atoms with van der Waals surface area (Å²) >= 11 is 0. The summed E-state index contributed by atoms with van der Waals surface area (Å²) in [5.74, 6) is -4.04. The highest BCUT2D eigenvalue weighted by molar-refractivity contribution is 5.70. The van der Waals surface area contributed by atoms with Crippen molar-refractivity contribution in [1.82, 2.24) is 0 Å². The molecule has 1 unspecified atom stereocenters. The molecule has 0 bridgehead atoms. The Bertz CT molecular complexity index is 359. The van der Waals surface area contributed by atoms with Gasteiger partial charge in [-0.1, -0.05) is 0 Å². The lowest BCUT2D eigenvalue weighted by Gasteiger charge is -2.15. The highest BCUT2D eigenvalue weighted by Gasteiger charge is 2.23. The lowest BCUT2D eigenvalue weighted by atomic mass is 9.97. The fourth-order valence-electron chi connectivity index (χ4n) is 1.17. The predicted molar refractivity (Wildman–Crippen MR) is 48.1 cm³/mol. The van der Waals surface area contributed by atoms with Crippen molar-refractivity contribution in [3.63, 3.8) is 0 Å². The van der Waals surface area contributed by atoms with Crippen molar-refractivity contribution in [2.24, 2.45) is 5.92 Å². The molecule has 1 aromatic carbocycles. The van der Waals surface area contributed by atoms with Crippen LogP contribution in [0.5, 0.6) is 0 Å². The average Bonchev–Trinajstić information content (AvgIpc) is 2.13. The number of aliphatic carboxylic acids is 1. The van der Waals surface area contributed by atoms with E-state index in [1.165, 1.54) is 6.92 Å². The van der Waals surface area contributed by atoms with Crippen LogP contribution in [0.2, 0.25) is 0 Å². The summed E-state index contributed by atoms with van der Waals surface area (Å²) < 4.78 is 25.5. The van der Waals surface area contributed by atoms with Gasteiger partial charge in [-0.2, -0.15) is 0 Å². The summed E-state index contributed by atoms with van der Waals surface area (Å²) in [6.07, 6.45) is -1.42. The first-order valence-electron chi connectivity index (χ1n) is 4.28. The van der Waals surface area contributed by atoms with Gasteiger partial charge >= 0.3 is 5.97 Å². The predicted octanol–water partition coefficient (Wildman–Crippen LogP) is 1.72. The van der Waals surface area contributed by atoms with Gasteiger partial charge in [-0.15, -0.1) is 0 Å². The summed E-state index contributed by atoms with van der Waals surface area (Å²) in [4.78, 5) is 10.5. The fourth-order valence-corrected chi connectivity index (χ4v) is 1.17. The third kappa shape index (κ3) is 2.73. The Morgan fingerprint density at radius 2 is 1.73 bits per heavy atom. The zero-order valence-electron chi connectivity index (χ0n) is 7.95. The number of benzene rings is 1. The van der Waals surface area contributed by atoms with Crippen LogP contribution in [0.4, 0.5) is 8.78 Å². The molecule has 0 heterocycles. The molecule has 0 aliphatic rings. The second kappa shape index (κ2) is 4.35. The van der Waals surface area contributed by atoms with E-state index in [1.54, 1.807) is 0 Å². The number of carboxylic acids is 1. The first kappa shape index (κ1) is 11.6. The summed E-state index contributed by atoms with van der Waals surface area (Å²) in [6, 6.07) is 2.47. The smallest absolute Gasteiger partial charge is 0.309 e. The number of aliphatic hydroxyl groups excluding tert-OH is 1. The van der Waals surface area contributed by atoms with E-state index in [0.717, 1.165) is 12.1 Å². The molecule has 15 heavy (non-hydrogen) atoms. The molecular formula is C10H10F2O3. The molecule has 5 heteroatoms. The van der Waals surface area contributed by atoms with E-state index in [2.05, 4.69) is 0 Å². The molecule has 3 nitrogen and oxygen atoms in total. The van der Waals surface area contributed by atoms with Crippen LogP contribution in [0.1, 0.15) is 18.6 Å². The van der Waals surface area contributed by atoms with Gasteiger partial charge in [-0.25, -0.2) is 8.78 Å². The zero-order valence-corrected chi connectivity index (χ0v) is 7.95. The van der Waals surface area contributed by atoms with Gasteiger partial charge in [0.05, 0.1) is 12.0 Å². The van der Waals surface area contributed by atoms with E-state index < -0.39 is 29.6 Å². The van der Waals surface area contributed by atoms with Crippen molar-refractivity contribution in [1.29, 1.82) is 0 Å². The molecule has 0 aliphatic carbocycles. The largest absolute Gasteiger partial charge is 0.481 e. The van der Waals surface area contributed by atoms with Gasteiger partial charge in [-0.3, -0.25) is 4.79 Å². The summed E-state index contributed by atoms with van der Waals surface area (Å²) in [5.41, 5.74) is -0.0811. The summed E-state index contributed by atoms with van der Waals surface area (Å²) in [5, 5.41) is 18.1. The van der Waals surface area contributed by atoms with Crippen molar-refractivity contribution >= 4 is 5.97 Å². The minimum atomic E-state index is -1.42. The van der Waals surface area contributed by atoms with Gasteiger partial charge in [-0.05, 0) is 24.6 Å². The van der Waals surface area contributed by atoms with Crippen LogP contribution >= 0.6 is 0 Å². The number of carbonyl (C=O) groups is 1. The van der Waals surface area contributed by atoms with E-state index in [0.29, 0.717) is 6.07 Å². The first-order chi connectivity index (χ1) is 6.91. The highest BCUT2D eigenvalue weighted by Crippen LogP contribution is 2.23. The third-order valence-corrected chi connectivity index (χ3v) is 2.09. The lowest BCUT2D eigenvalue weighted by Crippen LogP contribution is -2.18. The maximum atomic E-state index is 12.8. The molecule has 2 atom stereocenters. The second-order valence-electron chi connectivity index (χ2n) is 3.27. The molecule has 2 N–H and O–H groups in total. The van der Waals surface area contributed by atoms with Crippen molar-refractivity contribution in [3.8, 4) is 0 Å². The third-order valence-electron chi connectivity index (χ3n) is 2.09. The second-order valence-corrected chi connectivity index (χ2v) is 3.27. The highest BCUT2D eigenvalue weighted by atomic mass is 19.1. The topological polar surface area (TPSA) is 57.5 Å². The molecule has 0 aromatic heterocycles. The molecule has 0 aliphatic heterocycles. The first-order valence-corrected chi connectivity index (χ1v) is 4.28. The summed E-state index contributed by atoms with van der Waals surface area (Å²) in [7, 11) is 0. The van der Waals surface area contributed by atoms with Gasteiger partial charge < -0.3 is 10.2 Å². The molecule has 1 aromatic rings. The number of carboxylic acid groups (broad SMARTS) is 1. The van der Waals surface area contributed by atoms with Crippen LogP contribution in [0.15, 0.2) is 18.2 Å². The fraction of sp³-hybridized carbons (Fsp3) is 0.300. The van der Waals surface area contributed by atoms with E-state index >= 15 is 0 Å². The molecule has 0 radical (unpaired) electrons. The Hall–Kier alpha value is -1.49. The Morgan fingerprint density at radius 3 is 2.13 bits per heavy atom. The Morgan fingerprint density at radius 1 is 1.27 bits per heavy atom. The quantitative estimate of drug-likeness (QED) is 0.808. The van der Waals surface area contributed by atoms with Crippen LogP contribution in [-0.4, -0.2) is 16.2 Å². The average molecular weight is 216 g/mol. The Kier molecular flexibility index (Phi) is 3.36. The molecule has 0 saturated carbocycles. The Labute approximate surface area is 85.0 Å². The number of hydrogen-bond acceptors (Lipinski definition) is 2. The summed E-state index contributed by atoms with van der Waals surface area (Å²) in [6.45, 7) is 1.26. The van der Waals surface area contributed by atoms with Crippen LogP contribution in [0.3, 0.4) is 0 Å². The van der Waals surface area contributed by atoms with Gasteiger partial charge in [0, 0.05) is 6.07 Å². The number of halogens is 2. The van der Waals surface area contributed by atoms with Gasteiger partial charge in [0.2, 0.25) is 0 Å². The van der Waals surface area contributed by atoms with Crippen molar-refractivity contribution in [2.75, 3.05) is 0 Å². The molecule has 1 rings (SSSR count). The minimum absolute atomic E-state index is 0.0811. The lowest BCUT2D eigenvalue weighted by molar-refractivity contribution is -0.145. The monoisotopic (exact) mass is 216 g/mol. The van der Waals surface area contributed by atoms with Crippen molar-refractivity contribution in [2.45, 2.75) is 13.0 Å². The van der Waals surface area contributed by atoms with Gasteiger partial charge in [0.1, 0.15) is 11.6 Å². The minimum Gasteiger partial charge on any atom is -0.481 e. The van der Waals surface area contributed by atoms with E-state index in [-0.39, 0.29) is 5.56 Å². The van der Waals surface area contributed by atoms with Crippen LogP contribution in [0.25, 0.3) is 0 Å². The molecule has 0 amide bonds. The van der Waals surface area contributed by atoms with E-state index in [9.17, 15) is 18.7 Å². The maximum absolute atomic E-state index is 12.8. The molecule has 0 fully saturated rings. The van der Waals surface area contributed by atoms with Crippen LogP contribution in [-0.2, 0) is 4.79 Å². The number of rotatable bonds is 3. The number of hydrogen-bond donors (Lipinski definition) is 2. The zero-order chi connectivity index (χ0) is 11.6. The maximum Gasteiger partial charge on any atom is 0.309 e. The van der Waals surface area contributed by atoms with Crippen molar-refractivity contribution < 1.29 is 23.8 Å². The molecule has 82 valence electrons. The van der Waals surface area contributed by atoms with Crippen molar-refractivity contribution in [3.05, 3.63) is 35.4 Å². The molecular weight excluding hydrogens is 206 g/mol.